The molecule has 3 heterocycles. The molecule has 0 saturated carbocycles. The molecular formula is C34H20Br2Cl3NSZr. The molecule has 2 aliphatic heterocycles. The first-order valence-corrected chi connectivity index (χ1v) is 18.3. The molecule has 6 bridgehead atoms. The zero-order valence-corrected chi connectivity index (χ0v) is 30.5. The standard InChI is InChI=1S/C19H10BrClNS.C15H10Br.2ClH.Zr/c20-15-7-8-16-14-6-5-13(19(14)15)11-1-3-12(4-2-11)22(16)18-10-9-17(21)23-18;16-14-8-4-7-12-9-10-13(15(12)14)11-5-2-1-3-6-11;;;/h1-4,6-10,13H;1-9,13H;2*1H;/q;;;;+2/p-2. The summed E-state index contributed by atoms with van der Waals surface area (Å²) in [6.45, 7) is 0. The number of fused-ring (bicyclic) bond motifs is 3. The first-order chi connectivity index (χ1) is 19.6. The van der Waals surface area contributed by atoms with E-state index in [9.17, 15) is 0 Å². The molecule has 5 aromatic rings. The van der Waals surface area contributed by atoms with Gasteiger partial charge in [-0.05, 0) is 0 Å². The van der Waals surface area contributed by atoms with E-state index in [1.54, 1.807) is 17.9 Å². The van der Waals surface area contributed by atoms with Gasteiger partial charge in [-0.3, -0.25) is 0 Å². The molecule has 4 aromatic carbocycles. The fraction of sp³-hybridized carbons (Fsp3) is 0.0588. The van der Waals surface area contributed by atoms with E-state index in [0.717, 1.165) is 15.0 Å². The third kappa shape index (κ3) is 4.98. The van der Waals surface area contributed by atoms with Crippen LogP contribution in [0.5, 0.6) is 0 Å². The minimum absolute atomic E-state index is 0. The van der Waals surface area contributed by atoms with E-state index in [4.69, 9.17) is 11.6 Å². The average molecular weight is 832 g/mol. The van der Waals surface area contributed by atoms with Crippen LogP contribution in [0, 0.1) is 0 Å². The third-order valence-corrected chi connectivity index (χ3v) is 14.2. The van der Waals surface area contributed by atoms with Gasteiger partial charge in [-0.2, -0.15) is 0 Å². The number of rotatable bonds is 4. The van der Waals surface area contributed by atoms with Crippen LogP contribution in [0.3, 0.4) is 0 Å². The molecule has 0 spiro atoms. The second kappa shape index (κ2) is 12.2. The second-order valence-electron chi connectivity index (χ2n) is 10.2. The fourth-order valence-corrected chi connectivity index (χ4v) is 12.8. The zero-order valence-electron chi connectivity index (χ0n) is 21.8. The molecule has 1 nitrogen and oxygen atoms in total. The summed E-state index contributed by atoms with van der Waals surface area (Å²) in [5.74, 6) is 0.563. The van der Waals surface area contributed by atoms with Crippen molar-refractivity contribution >= 4 is 83.3 Å². The van der Waals surface area contributed by atoms with Crippen molar-refractivity contribution < 1.29 is 48.0 Å². The van der Waals surface area contributed by atoms with E-state index in [1.165, 1.54) is 48.0 Å². The average Bonchev–Trinajstić information content (AvgIpc) is 3.68. The molecular weight excluding hydrogens is 812 g/mol. The minimum atomic E-state index is -1.19. The summed E-state index contributed by atoms with van der Waals surface area (Å²) in [6, 6.07) is 35.4. The van der Waals surface area contributed by atoms with Gasteiger partial charge in [0.25, 0.3) is 0 Å². The number of hydrogen-bond donors (Lipinski definition) is 0. The summed E-state index contributed by atoms with van der Waals surface area (Å²) in [4.78, 5) is 2.37. The van der Waals surface area contributed by atoms with Crippen LogP contribution < -0.4 is 29.7 Å². The van der Waals surface area contributed by atoms with Crippen molar-refractivity contribution in [2.75, 3.05) is 4.90 Å². The van der Waals surface area contributed by atoms with Gasteiger partial charge < -0.3 is 24.8 Å². The molecule has 8 heteroatoms. The quantitative estimate of drug-likeness (QED) is 0.233. The molecule has 2 unspecified atom stereocenters. The Hall–Kier alpha value is -1.43. The summed E-state index contributed by atoms with van der Waals surface area (Å²) >= 11 is 14.7. The number of halogens is 5. The molecule has 1 aromatic heterocycles. The van der Waals surface area contributed by atoms with E-state index in [0.29, 0.717) is 5.92 Å². The molecule has 4 aliphatic rings. The van der Waals surface area contributed by atoms with Crippen molar-refractivity contribution in [1.82, 2.24) is 0 Å². The number of anilines is 3. The first kappa shape index (κ1) is 30.6. The van der Waals surface area contributed by atoms with Crippen molar-refractivity contribution in [3.8, 4) is 0 Å². The number of benzene rings is 4. The number of thiophene rings is 1. The Balaban J connectivity index is 0.00000158. The second-order valence-corrected chi connectivity index (χ2v) is 17.1. The van der Waals surface area contributed by atoms with E-state index in [1.807, 2.05) is 6.07 Å². The number of allylic oxidation sites excluding steroid dienone is 2. The van der Waals surface area contributed by atoms with E-state index in [2.05, 4.69) is 140 Å². The van der Waals surface area contributed by atoms with Crippen molar-refractivity contribution in [2.24, 2.45) is 0 Å². The SMILES string of the molecule is Clc1ccc(N2c3ccc(cc3)C3[C]([Zr+2][C]4=Cc5cccc(Br)c5C4c4ccccc4)=Cc4c2ccc(Br)c43)s1.[Cl-].[Cl-]. The maximum atomic E-state index is 6.43. The normalized spacial score (nSPS) is 17.2. The summed E-state index contributed by atoms with van der Waals surface area (Å²) in [7, 11) is 0. The Kier molecular flexibility index (Phi) is 8.86. The predicted octanol–water partition coefficient (Wildman–Crippen LogP) is 5.47. The smallest absolute Gasteiger partial charge is 1.00 e. The van der Waals surface area contributed by atoms with Gasteiger partial charge in [0.15, 0.2) is 0 Å². The van der Waals surface area contributed by atoms with Gasteiger partial charge in [0.1, 0.15) is 0 Å². The van der Waals surface area contributed by atoms with Gasteiger partial charge in [0.05, 0.1) is 0 Å². The van der Waals surface area contributed by atoms with Crippen molar-refractivity contribution in [1.29, 1.82) is 0 Å². The first-order valence-electron chi connectivity index (χ1n) is 13.1. The van der Waals surface area contributed by atoms with Gasteiger partial charge in [0, 0.05) is 0 Å². The molecule has 9 rings (SSSR count). The minimum Gasteiger partial charge on any atom is -1.00 e. The topological polar surface area (TPSA) is 3.24 Å². The molecule has 0 fully saturated rings. The van der Waals surface area contributed by atoms with Crippen molar-refractivity contribution in [2.45, 2.75) is 11.8 Å². The molecule has 2 aliphatic carbocycles. The van der Waals surface area contributed by atoms with Crippen LogP contribution in [0.2, 0.25) is 4.34 Å². The van der Waals surface area contributed by atoms with Crippen LogP contribution in [0.15, 0.2) is 113 Å². The number of nitrogens with zero attached hydrogens (tertiary/aromatic N) is 1. The van der Waals surface area contributed by atoms with Gasteiger partial charge in [-0.15, -0.1) is 0 Å². The summed E-state index contributed by atoms with van der Waals surface area (Å²) in [5, 5.41) is 1.13. The van der Waals surface area contributed by atoms with Crippen molar-refractivity contribution in [3.05, 3.63) is 150 Å². The van der Waals surface area contributed by atoms with Crippen LogP contribution in [0.1, 0.15) is 45.2 Å². The van der Waals surface area contributed by atoms with Crippen molar-refractivity contribution in [3.63, 3.8) is 0 Å². The Morgan fingerprint density at radius 2 is 1.36 bits per heavy atom. The Morgan fingerprint density at radius 1 is 0.667 bits per heavy atom. The third-order valence-electron chi connectivity index (χ3n) is 8.03. The molecule has 0 radical (unpaired) electrons. The van der Waals surface area contributed by atoms with E-state index in [-0.39, 0.29) is 30.7 Å². The zero-order chi connectivity index (χ0) is 27.0. The van der Waals surface area contributed by atoms with Gasteiger partial charge >= 0.3 is 274 Å². The fourth-order valence-electron chi connectivity index (χ4n) is 6.37. The summed E-state index contributed by atoms with van der Waals surface area (Å²) in [5.41, 5.74) is 10.6. The van der Waals surface area contributed by atoms with Gasteiger partial charge in [0.2, 0.25) is 0 Å². The predicted molar refractivity (Wildman–Crippen MR) is 172 cm³/mol. The Labute approximate surface area is 295 Å². The van der Waals surface area contributed by atoms with Gasteiger partial charge in [-0.1, -0.05) is 0 Å². The maximum absolute atomic E-state index is 6.43. The molecule has 0 amide bonds. The Bertz CT molecular complexity index is 1890. The largest absolute Gasteiger partial charge is 1.00 e. The van der Waals surface area contributed by atoms with Crippen LogP contribution in [-0.2, 0) is 23.2 Å². The summed E-state index contributed by atoms with van der Waals surface area (Å²) in [6.07, 6.45) is 5.03. The number of hydrogen-bond acceptors (Lipinski definition) is 2. The monoisotopic (exact) mass is 827 g/mol. The van der Waals surface area contributed by atoms with Crippen LogP contribution in [0.4, 0.5) is 16.4 Å². The molecule has 42 heavy (non-hydrogen) atoms. The van der Waals surface area contributed by atoms with E-state index >= 15 is 0 Å². The van der Waals surface area contributed by atoms with Gasteiger partial charge in [-0.25, -0.2) is 0 Å². The maximum Gasteiger partial charge on any atom is -1.00 e. The Morgan fingerprint density at radius 3 is 2.10 bits per heavy atom. The summed E-state index contributed by atoms with van der Waals surface area (Å²) < 4.78 is 6.39. The van der Waals surface area contributed by atoms with Crippen LogP contribution >= 0.6 is 54.8 Å². The van der Waals surface area contributed by atoms with Crippen LogP contribution in [-0.4, -0.2) is 0 Å². The molecule has 0 N–H and O–H groups in total. The van der Waals surface area contributed by atoms with Crippen LogP contribution in [0.25, 0.3) is 12.2 Å². The van der Waals surface area contributed by atoms with E-state index < -0.39 is 23.2 Å². The molecule has 0 saturated heterocycles. The molecule has 206 valence electrons. The molecule has 2 atom stereocenters.